The first-order valence-corrected chi connectivity index (χ1v) is 5.07. The Morgan fingerprint density at radius 3 is 3.15 bits per heavy atom. The number of carbonyl (C=O) groups excluding carboxylic acids is 1. The van der Waals surface area contributed by atoms with Gasteiger partial charge in [-0.05, 0) is 29.7 Å². The summed E-state index contributed by atoms with van der Waals surface area (Å²) in [6.07, 6.45) is 1.96. The molecule has 1 heterocycles. The minimum atomic E-state index is -0.114. The number of fused-ring (bicyclic) bond motifs is 1. The van der Waals surface area contributed by atoms with Crippen molar-refractivity contribution in [3.05, 3.63) is 33.8 Å². The molecule has 2 rings (SSSR count). The van der Waals surface area contributed by atoms with Crippen LogP contribution in [0.25, 0.3) is 0 Å². The van der Waals surface area contributed by atoms with Crippen LogP contribution < -0.4 is 5.32 Å². The Labute approximate surface area is 85.5 Å². The van der Waals surface area contributed by atoms with Crippen molar-refractivity contribution in [3.8, 4) is 0 Å². The third kappa shape index (κ3) is 1.67. The molecule has 1 unspecified atom stereocenters. The predicted octanol–water partition coefficient (Wildman–Crippen LogP) is 1.83. The van der Waals surface area contributed by atoms with Crippen LogP contribution in [0, 0.1) is 0 Å². The number of halogens is 1. The number of nitrogens with one attached hydrogen (secondary N) is 1. The van der Waals surface area contributed by atoms with Gasteiger partial charge in [0.1, 0.15) is 6.29 Å². The molecule has 68 valence electrons. The molecule has 13 heavy (non-hydrogen) atoms. The lowest BCUT2D eigenvalue weighted by atomic mass is 9.95. The summed E-state index contributed by atoms with van der Waals surface area (Å²) < 4.78 is 1.08. The van der Waals surface area contributed by atoms with Gasteiger partial charge in [0.05, 0.1) is 6.04 Å². The van der Waals surface area contributed by atoms with Crippen molar-refractivity contribution in [2.75, 3.05) is 6.54 Å². The Balaban J connectivity index is 2.45. The molecule has 1 aliphatic heterocycles. The van der Waals surface area contributed by atoms with Gasteiger partial charge >= 0.3 is 0 Å². The molecule has 0 bridgehead atoms. The number of carbonyl (C=O) groups is 1. The first kappa shape index (κ1) is 8.91. The van der Waals surface area contributed by atoms with Crippen LogP contribution in [0.4, 0.5) is 0 Å². The topological polar surface area (TPSA) is 29.1 Å². The summed E-state index contributed by atoms with van der Waals surface area (Å²) in [7, 11) is 0. The minimum Gasteiger partial charge on any atom is -0.304 e. The molecule has 1 aromatic rings. The van der Waals surface area contributed by atoms with Gasteiger partial charge in [0.2, 0.25) is 0 Å². The van der Waals surface area contributed by atoms with Gasteiger partial charge in [-0.25, -0.2) is 0 Å². The highest BCUT2D eigenvalue weighted by Crippen LogP contribution is 2.24. The molecule has 0 radical (unpaired) electrons. The first-order chi connectivity index (χ1) is 6.31. The van der Waals surface area contributed by atoms with Crippen LogP contribution in [0.1, 0.15) is 17.2 Å². The van der Waals surface area contributed by atoms with Crippen molar-refractivity contribution in [1.82, 2.24) is 5.32 Å². The van der Waals surface area contributed by atoms with E-state index in [-0.39, 0.29) is 6.04 Å². The molecule has 0 aliphatic carbocycles. The van der Waals surface area contributed by atoms with Crippen LogP contribution in [-0.4, -0.2) is 12.8 Å². The van der Waals surface area contributed by atoms with Gasteiger partial charge in [-0.3, -0.25) is 0 Å². The molecule has 1 N–H and O–H groups in total. The molecule has 0 saturated heterocycles. The average Bonchev–Trinajstić information content (AvgIpc) is 2.16. The van der Waals surface area contributed by atoms with E-state index < -0.39 is 0 Å². The molecular weight excluding hydrogens is 230 g/mol. The standard InChI is InChI=1S/C10H10BrNO/c11-8-1-2-9-7(5-8)3-4-12-10(9)6-13/h1-2,5-6,10,12H,3-4H2. The van der Waals surface area contributed by atoms with E-state index in [4.69, 9.17) is 0 Å². The number of benzene rings is 1. The third-order valence-corrected chi connectivity index (χ3v) is 2.83. The minimum absolute atomic E-state index is 0.114. The molecule has 0 aromatic heterocycles. The average molecular weight is 240 g/mol. The van der Waals surface area contributed by atoms with Gasteiger partial charge in [-0.15, -0.1) is 0 Å². The SMILES string of the molecule is O=CC1NCCc2cc(Br)ccc21. The maximum Gasteiger partial charge on any atom is 0.141 e. The summed E-state index contributed by atoms with van der Waals surface area (Å²) in [5, 5.41) is 3.16. The molecule has 1 aromatic carbocycles. The lowest BCUT2D eigenvalue weighted by Gasteiger charge is -2.22. The molecule has 2 nitrogen and oxygen atoms in total. The van der Waals surface area contributed by atoms with Crippen molar-refractivity contribution >= 4 is 22.2 Å². The summed E-state index contributed by atoms with van der Waals surface area (Å²) in [6.45, 7) is 0.882. The van der Waals surface area contributed by atoms with Gasteiger partial charge < -0.3 is 10.1 Å². The molecular formula is C10H10BrNO. The van der Waals surface area contributed by atoms with Crippen LogP contribution >= 0.6 is 15.9 Å². The largest absolute Gasteiger partial charge is 0.304 e. The number of aldehydes is 1. The second-order valence-corrected chi connectivity index (χ2v) is 4.08. The molecule has 0 saturated carbocycles. The van der Waals surface area contributed by atoms with E-state index in [1.807, 2.05) is 12.1 Å². The van der Waals surface area contributed by atoms with E-state index in [2.05, 4.69) is 27.3 Å². The quantitative estimate of drug-likeness (QED) is 0.759. The van der Waals surface area contributed by atoms with E-state index in [1.165, 1.54) is 5.56 Å². The van der Waals surface area contributed by atoms with Gasteiger partial charge in [-0.1, -0.05) is 22.0 Å². The fourth-order valence-corrected chi connectivity index (χ4v) is 2.10. The van der Waals surface area contributed by atoms with Crippen molar-refractivity contribution in [2.24, 2.45) is 0 Å². The molecule has 1 atom stereocenters. The predicted molar refractivity (Wildman–Crippen MR) is 54.7 cm³/mol. The maximum atomic E-state index is 10.7. The van der Waals surface area contributed by atoms with Gasteiger partial charge in [0.15, 0.2) is 0 Å². The molecule has 1 aliphatic rings. The zero-order valence-corrected chi connectivity index (χ0v) is 8.67. The Hall–Kier alpha value is -0.670. The normalized spacial score (nSPS) is 20.8. The fraction of sp³-hybridized carbons (Fsp3) is 0.300. The smallest absolute Gasteiger partial charge is 0.141 e. The third-order valence-electron chi connectivity index (χ3n) is 2.33. The van der Waals surface area contributed by atoms with Gasteiger partial charge in [0.25, 0.3) is 0 Å². The Bertz CT molecular complexity index is 338. The monoisotopic (exact) mass is 239 g/mol. The van der Waals surface area contributed by atoms with E-state index in [1.54, 1.807) is 0 Å². The molecule has 0 spiro atoms. The zero-order chi connectivity index (χ0) is 9.26. The van der Waals surface area contributed by atoms with Crippen LogP contribution in [0.2, 0.25) is 0 Å². The Morgan fingerprint density at radius 1 is 1.54 bits per heavy atom. The Morgan fingerprint density at radius 2 is 2.38 bits per heavy atom. The summed E-state index contributed by atoms with van der Waals surface area (Å²) >= 11 is 3.42. The maximum absolute atomic E-state index is 10.7. The summed E-state index contributed by atoms with van der Waals surface area (Å²) in [5.74, 6) is 0. The van der Waals surface area contributed by atoms with E-state index >= 15 is 0 Å². The highest BCUT2D eigenvalue weighted by Gasteiger charge is 2.18. The van der Waals surface area contributed by atoms with Crippen molar-refractivity contribution in [2.45, 2.75) is 12.5 Å². The summed E-state index contributed by atoms with van der Waals surface area (Å²) in [5.41, 5.74) is 2.38. The summed E-state index contributed by atoms with van der Waals surface area (Å²) in [6, 6.07) is 5.96. The molecule has 0 fully saturated rings. The van der Waals surface area contributed by atoms with Gasteiger partial charge in [-0.2, -0.15) is 0 Å². The van der Waals surface area contributed by atoms with E-state index in [0.717, 1.165) is 29.3 Å². The summed E-state index contributed by atoms with van der Waals surface area (Å²) in [4.78, 5) is 10.7. The second-order valence-electron chi connectivity index (χ2n) is 3.16. The first-order valence-electron chi connectivity index (χ1n) is 4.28. The highest BCUT2D eigenvalue weighted by molar-refractivity contribution is 9.10. The number of hydrogen-bond donors (Lipinski definition) is 1. The molecule has 3 heteroatoms. The van der Waals surface area contributed by atoms with Crippen LogP contribution in [0.3, 0.4) is 0 Å². The van der Waals surface area contributed by atoms with Crippen molar-refractivity contribution in [1.29, 1.82) is 0 Å². The van der Waals surface area contributed by atoms with Crippen LogP contribution in [-0.2, 0) is 11.2 Å². The van der Waals surface area contributed by atoms with Crippen molar-refractivity contribution in [3.63, 3.8) is 0 Å². The lowest BCUT2D eigenvalue weighted by molar-refractivity contribution is -0.109. The molecule has 0 amide bonds. The van der Waals surface area contributed by atoms with Crippen molar-refractivity contribution < 1.29 is 4.79 Å². The van der Waals surface area contributed by atoms with E-state index in [9.17, 15) is 4.79 Å². The number of hydrogen-bond acceptors (Lipinski definition) is 2. The lowest BCUT2D eigenvalue weighted by Crippen LogP contribution is -2.30. The fourth-order valence-electron chi connectivity index (χ4n) is 1.69. The van der Waals surface area contributed by atoms with Gasteiger partial charge in [0, 0.05) is 11.0 Å². The number of rotatable bonds is 1. The Kier molecular flexibility index (Phi) is 2.47. The zero-order valence-electron chi connectivity index (χ0n) is 7.09. The highest BCUT2D eigenvalue weighted by atomic mass is 79.9. The second kappa shape index (κ2) is 3.60. The van der Waals surface area contributed by atoms with Crippen LogP contribution in [0.15, 0.2) is 22.7 Å². The van der Waals surface area contributed by atoms with Crippen LogP contribution in [0.5, 0.6) is 0 Å². The van der Waals surface area contributed by atoms with E-state index in [0.29, 0.717) is 0 Å².